The third kappa shape index (κ3) is 1.45. The predicted octanol–water partition coefficient (Wildman–Crippen LogP) is 0.182. The van der Waals surface area contributed by atoms with Gasteiger partial charge in [0.25, 0.3) is 15.9 Å². The number of aliphatic hydroxyl groups excluding tert-OH is 1. The fraction of sp³-hybridized carbons (Fsp3) is 0.0833. The van der Waals surface area contributed by atoms with E-state index in [2.05, 4.69) is 0 Å². The molecule has 3 rings (SSSR count). The highest BCUT2D eigenvalue weighted by atomic mass is 32.2. The first-order chi connectivity index (χ1) is 9.34. The number of amides is 1. The molecule has 0 aliphatic carbocycles. The third-order valence-corrected chi connectivity index (χ3v) is 4.70. The molecule has 0 unspecified atom stereocenters. The van der Waals surface area contributed by atoms with Crippen molar-refractivity contribution in [1.82, 2.24) is 9.29 Å². The number of nitrogens with one attached hydrogen (secondary N) is 1. The Kier molecular flexibility index (Phi) is 2.36. The maximum absolute atomic E-state index is 12.3. The second kappa shape index (κ2) is 3.76. The summed E-state index contributed by atoms with van der Waals surface area (Å²) in [5.41, 5.74) is 5.24. The highest BCUT2D eigenvalue weighted by Gasteiger charge is 2.36. The van der Waals surface area contributed by atoms with Gasteiger partial charge in [-0.1, -0.05) is 18.2 Å². The Labute approximate surface area is 114 Å². The molecule has 0 fully saturated rings. The molecule has 1 aromatic carbocycles. The summed E-state index contributed by atoms with van der Waals surface area (Å²) in [6.07, 6.45) is 0. The van der Waals surface area contributed by atoms with Gasteiger partial charge in [0.1, 0.15) is 10.6 Å². The minimum atomic E-state index is -3.96. The van der Waals surface area contributed by atoms with Crippen LogP contribution in [0.15, 0.2) is 34.9 Å². The summed E-state index contributed by atoms with van der Waals surface area (Å²) >= 11 is 0. The van der Waals surface area contributed by atoms with Crippen LogP contribution in [0.5, 0.6) is 0 Å². The quantitative estimate of drug-likeness (QED) is 0.695. The average molecular weight is 293 g/mol. The summed E-state index contributed by atoms with van der Waals surface area (Å²) in [5, 5.41) is 10.6. The smallest absolute Gasteiger partial charge is 0.269 e. The molecule has 0 saturated heterocycles. The van der Waals surface area contributed by atoms with Crippen molar-refractivity contribution in [3.05, 3.63) is 35.7 Å². The Balaban J connectivity index is 2.55. The number of para-hydroxylation sites is 1. The third-order valence-electron chi connectivity index (χ3n) is 3.27. The zero-order valence-corrected chi connectivity index (χ0v) is 11.2. The van der Waals surface area contributed by atoms with Crippen molar-refractivity contribution in [3.8, 4) is 0 Å². The molecule has 7 nitrogen and oxygen atoms in total. The van der Waals surface area contributed by atoms with E-state index < -0.39 is 27.4 Å². The van der Waals surface area contributed by atoms with Gasteiger partial charge in [0.05, 0.1) is 0 Å². The number of primary amides is 1. The van der Waals surface area contributed by atoms with E-state index in [1.807, 2.05) is 4.72 Å². The average Bonchev–Trinajstić information content (AvgIpc) is 2.69. The summed E-state index contributed by atoms with van der Waals surface area (Å²) in [4.78, 5) is 11.2. The molecule has 0 saturated carbocycles. The number of benzene rings is 1. The van der Waals surface area contributed by atoms with Crippen LogP contribution in [0.3, 0.4) is 0 Å². The maximum Gasteiger partial charge on any atom is 0.269 e. The van der Waals surface area contributed by atoms with E-state index in [-0.39, 0.29) is 10.6 Å². The molecule has 1 amide bonds. The molecular formula is C12H11N3O4S. The summed E-state index contributed by atoms with van der Waals surface area (Å²) in [7, 11) is -2.36. The lowest BCUT2D eigenvalue weighted by atomic mass is 10.2. The van der Waals surface area contributed by atoms with Crippen LogP contribution >= 0.6 is 0 Å². The van der Waals surface area contributed by atoms with Crippen LogP contribution in [-0.4, -0.2) is 24.0 Å². The van der Waals surface area contributed by atoms with Crippen LogP contribution < -0.4 is 10.5 Å². The number of fused-ring (bicyclic) bond motifs is 3. The number of nitrogens with zero attached hydrogens (tertiary/aromatic N) is 1. The van der Waals surface area contributed by atoms with Gasteiger partial charge in [0.15, 0.2) is 11.5 Å². The number of nitrogens with two attached hydrogens (primary N) is 1. The lowest BCUT2D eigenvalue weighted by molar-refractivity contribution is -0.114. The number of carbonyl (C=O) groups excluding carboxylic acids is 1. The van der Waals surface area contributed by atoms with Crippen molar-refractivity contribution in [3.63, 3.8) is 0 Å². The number of hydrogen-bond donors (Lipinski definition) is 3. The van der Waals surface area contributed by atoms with Crippen LogP contribution in [0.25, 0.3) is 16.7 Å². The first kappa shape index (κ1) is 12.5. The van der Waals surface area contributed by atoms with E-state index >= 15 is 0 Å². The summed E-state index contributed by atoms with van der Waals surface area (Å²) in [6, 6.07) is 6.81. The SMILES string of the molecule is Cn1c2c(c3ccccc31)S(=O)(=O)NC(C(N)=O)=C2O. The van der Waals surface area contributed by atoms with Crippen molar-refractivity contribution in [2.75, 3.05) is 0 Å². The summed E-state index contributed by atoms with van der Waals surface area (Å²) in [5.74, 6) is -1.51. The Bertz CT molecular complexity index is 893. The van der Waals surface area contributed by atoms with E-state index in [9.17, 15) is 18.3 Å². The Morgan fingerprint density at radius 3 is 2.65 bits per heavy atom. The van der Waals surface area contributed by atoms with Gasteiger partial charge in [-0.25, -0.2) is 8.42 Å². The second-order valence-corrected chi connectivity index (χ2v) is 6.07. The van der Waals surface area contributed by atoms with Crippen LogP contribution in [-0.2, 0) is 21.9 Å². The molecule has 1 aliphatic rings. The zero-order chi connectivity index (χ0) is 14.7. The number of rotatable bonds is 1. The van der Waals surface area contributed by atoms with Gasteiger partial charge in [-0.2, -0.15) is 0 Å². The minimum Gasteiger partial charge on any atom is -0.504 e. The highest BCUT2D eigenvalue weighted by molar-refractivity contribution is 7.90. The first-order valence-electron chi connectivity index (χ1n) is 5.68. The van der Waals surface area contributed by atoms with Gasteiger partial charge in [-0.15, -0.1) is 0 Å². The number of aromatic nitrogens is 1. The Morgan fingerprint density at radius 2 is 2.00 bits per heavy atom. The zero-order valence-electron chi connectivity index (χ0n) is 10.4. The summed E-state index contributed by atoms with van der Waals surface area (Å²) in [6.45, 7) is 0. The molecule has 0 bridgehead atoms. The molecule has 4 N–H and O–H groups in total. The second-order valence-electron chi connectivity index (χ2n) is 4.45. The number of sulfonamides is 1. The fourth-order valence-electron chi connectivity index (χ4n) is 2.42. The van der Waals surface area contributed by atoms with Crippen LogP contribution in [0.4, 0.5) is 0 Å². The normalized spacial score (nSPS) is 16.9. The van der Waals surface area contributed by atoms with Gasteiger partial charge >= 0.3 is 0 Å². The van der Waals surface area contributed by atoms with Crippen molar-refractivity contribution in [2.45, 2.75) is 4.90 Å². The van der Waals surface area contributed by atoms with E-state index in [0.717, 1.165) is 0 Å². The molecule has 1 aliphatic heterocycles. The van der Waals surface area contributed by atoms with E-state index in [0.29, 0.717) is 10.9 Å². The van der Waals surface area contributed by atoms with Crippen LogP contribution in [0.1, 0.15) is 5.69 Å². The van der Waals surface area contributed by atoms with Gasteiger partial charge < -0.3 is 15.4 Å². The molecule has 2 aromatic rings. The molecule has 0 spiro atoms. The molecule has 104 valence electrons. The molecule has 8 heteroatoms. The lowest BCUT2D eigenvalue weighted by Crippen LogP contribution is -2.36. The van der Waals surface area contributed by atoms with Crippen molar-refractivity contribution in [2.24, 2.45) is 12.8 Å². The number of carbonyl (C=O) groups is 1. The van der Waals surface area contributed by atoms with Crippen LogP contribution in [0, 0.1) is 0 Å². The standard InChI is InChI=1S/C12H11N3O4S/c1-15-7-5-3-2-4-6(7)11-9(15)10(16)8(12(13)17)14-20(11,18)19/h2-5,14,16H,1H3,(H2,13,17). The minimum absolute atomic E-state index is 0.0544. The van der Waals surface area contributed by atoms with Crippen molar-refractivity contribution < 1.29 is 18.3 Å². The Hall–Kier alpha value is -2.48. The number of hydrogen-bond acceptors (Lipinski definition) is 4. The topological polar surface area (TPSA) is 114 Å². The van der Waals surface area contributed by atoms with Crippen molar-refractivity contribution in [1.29, 1.82) is 0 Å². The van der Waals surface area contributed by atoms with E-state index in [1.54, 1.807) is 31.3 Å². The number of aliphatic hydroxyl groups is 1. The highest BCUT2D eigenvalue weighted by Crippen LogP contribution is 2.36. The monoisotopic (exact) mass is 293 g/mol. The first-order valence-corrected chi connectivity index (χ1v) is 7.16. The molecule has 2 heterocycles. The van der Waals surface area contributed by atoms with Gasteiger partial charge in [0.2, 0.25) is 0 Å². The molecule has 20 heavy (non-hydrogen) atoms. The fourth-order valence-corrected chi connectivity index (χ4v) is 3.93. The number of aryl methyl sites for hydroxylation is 1. The van der Waals surface area contributed by atoms with Crippen LogP contribution in [0.2, 0.25) is 0 Å². The van der Waals surface area contributed by atoms with Gasteiger partial charge in [0, 0.05) is 18.0 Å². The molecular weight excluding hydrogens is 282 g/mol. The maximum atomic E-state index is 12.3. The van der Waals surface area contributed by atoms with Gasteiger partial charge in [-0.05, 0) is 6.07 Å². The van der Waals surface area contributed by atoms with E-state index in [4.69, 9.17) is 5.73 Å². The lowest BCUT2D eigenvalue weighted by Gasteiger charge is -2.18. The van der Waals surface area contributed by atoms with E-state index in [1.165, 1.54) is 4.57 Å². The largest absolute Gasteiger partial charge is 0.504 e. The van der Waals surface area contributed by atoms with Gasteiger partial charge in [-0.3, -0.25) is 9.52 Å². The molecule has 0 atom stereocenters. The predicted molar refractivity (Wildman–Crippen MR) is 72.0 cm³/mol. The molecule has 1 aromatic heterocycles. The molecule has 0 radical (unpaired) electrons. The Morgan fingerprint density at radius 1 is 1.35 bits per heavy atom. The van der Waals surface area contributed by atoms with Crippen molar-refractivity contribution >= 4 is 32.6 Å². The summed E-state index contributed by atoms with van der Waals surface area (Å²) < 4.78 is 28.1.